The number of benzene rings is 1. The van der Waals surface area contributed by atoms with E-state index in [0.29, 0.717) is 10.0 Å². The Morgan fingerprint density at radius 2 is 2.05 bits per heavy atom. The molecule has 0 saturated heterocycles. The van der Waals surface area contributed by atoms with Crippen molar-refractivity contribution in [2.24, 2.45) is 0 Å². The number of hydrogen-bond acceptors (Lipinski definition) is 3. The number of hydrogen-bond donors (Lipinski definition) is 0. The minimum absolute atomic E-state index is 0.00857. The SMILES string of the molecule is COc1c(Cl)ncn(Cc2ccc(Cl)cc2Cl)c1=O. The van der Waals surface area contributed by atoms with Crippen molar-refractivity contribution in [1.82, 2.24) is 9.55 Å². The molecule has 0 unspecified atom stereocenters. The van der Waals surface area contributed by atoms with Gasteiger partial charge in [0.1, 0.15) is 0 Å². The molecule has 0 aliphatic rings. The number of aromatic nitrogens is 2. The molecule has 19 heavy (non-hydrogen) atoms. The van der Waals surface area contributed by atoms with E-state index >= 15 is 0 Å². The zero-order chi connectivity index (χ0) is 14.0. The molecule has 1 aromatic carbocycles. The van der Waals surface area contributed by atoms with Crippen LogP contribution in [0.5, 0.6) is 5.75 Å². The van der Waals surface area contributed by atoms with Gasteiger partial charge < -0.3 is 4.74 Å². The maximum atomic E-state index is 12.0. The summed E-state index contributed by atoms with van der Waals surface area (Å²) in [6, 6.07) is 5.07. The molecule has 0 amide bonds. The van der Waals surface area contributed by atoms with Gasteiger partial charge in [0.2, 0.25) is 5.75 Å². The highest BCUT2D eigenvalue weighted by Crippen LogP contribution is 2.22. The van der Waals surface area contributed by atoms with Crippen LogP contribution in [0.25, 0.3) is 0 Å². The zero-order valence-electron chi connectivity index (χ0n) is 9.86. The fourth-order valence-corrected chi connectivity index (χ4v) is 2.24. The quantitative estimate of drug-likeness (QED) is 0.816. The fraction of sp³-hybridized carbons (Fsp3) is 0.167. The molecule has 2 aromatic rings. The van der Waals surface area contributed by atoms with Gasteiger partial charge in [0.05, 0.1) is 20.0 Å². The van der Waals surface area contributed by atoms with Crippen molar-refractivity contribution in [2.45, 2.75) is 6.54 Å². The smallest absolute Gasteiger partial charge is 0.297 e. The molecule has 0 radical (unpaired) electrons. The number of rotatable bonds is 3. The van der Waals surface area contributed by atoms with E-state index in [2.05, 4.69) is 4.98 Å². The molecule has 0 spiro atoms. The lowest BCUT2D eigenvalue weighted by molar-refractivity contribution is 0.401. The Morgan fingerprint density at radius 1 is 1.32 bits per heavy atom. The third-order valence-corrected chi connectivity index (χ3v) is 3.37. The molecule has 100 valence electrons. The summed E-state index contributed by atoms with van der Waals surface area (Å²) in [6.45, 7) is 0.259. The van der Waals surface area contributed by atoms with Crippen LogP contribution in [0.15, 0.2) is 29.3 Å². The van der Waals surface area contributed by atoms with Crippen LogP contribution in [0.2, 0.25) is 15.2 Å². The number of methoxy groups -OCH3 is 1. The first-order valence-electron chi connectivity index (χ1n) is 5.25. The number of halogens is 3. The van der Waals surface area contributed by atoms with Crippen molar-refractivity contribution in [1.29, 1.82) is 0 Å². The predicted molar refractivity (Wildman–Crippen MR) is 75.6 cm³/mol. The van der Waals surface area contributed by atoms with Crippen molar-refractivity contribution in [3.05, 3.63) is 55.6 Å². The Kier molecular flexibility index (Phi) is 4.34. The number of ether oxygens (including phenoxy) is 1. The summed E-state index contributed by atoms with van der Waals surface area (Å²) in [6.07, 6.45) is 1.35. The summed E-state index contributed by atoms with van der Waals surface area (Å²) < 4.78 is 6.28. The Labute approximate surface area is 124 Å². The second kappa shape index (κ2) is 5.82. The third-order valence-electron chi connectivity index (χ3n) is 2.51. The second-order valence-electron chi connectivity index (χ2n) is 3.74. The van der Waals surface area contributed by atoms with Crippen molar-refractivity contribution in [2.75, 3.05) is 7.11 Å². The van der Waals surface area contributed by atoms with Gasteiger partial charge in [-0.25, -0.2) is 4.98 Å². The third kappa shape index (κ3) is 3.03. The highest BCUT2D eigenvalue weighted by Gasteiger charge is 2.11. The summed E-state index contributed by atoms with van der Waals surface area (Å²) in [5.41, 5.74) is 0.382. The summed E-state index contributed by atoms with van der Waals surface area (Å²) >= 11 is 17.6. The van der Waals surface area contributed by atoms with E-state index in [4.69, 9.17) is 39.5 Å². The van der Waals surface area contributed by atoms with E-state index in [1.54, 1.807) is 18.2 Å². The summed E-state index contributed by atoms with van der Waals surface area (Å²) in [7, 11) is 1.36. The minimum Gasteiger partial charge on any atom is -0.489 e. The van der Waals surface area contributed by atoms with Gasteiger partial charge in [-0.05, 0) is 17.7 Å². The van der Waals surface area contributed by atoms with Crippen LogP contribution in [0.3, 0.4) is 0 Å². The maximum Gasteiger partial charge on any atom is 0.297 e. The van der Waals surface area contributed by atoms with Crippen molar-refractivity contribution in [3.8, 4) is 5.75 Å². The molecular formula is C12H9Cl3N2O2. The van der Waals surface area contributed by atoms with E-state index < -0.39 is 0 Å². The first kappa shape index (κ1) is 14.2. The topological polar surface area (TPSA) is 44.1 Å². The molecule has 0 bridgehead atoms. The van der Waals surface area contributed by atoms with Gasteiger partial charge in [-0.2, -0.15) is 0 Å². The second-order valence-corrected chi connectivity index (χ2v) is 4.94. The molecule has 4 nitrogen and oxygen atoms in total. The van der Waals surface area contributed by atoms with Crippen molar-refractivity contribution in [3.63, 3.8) is 0 Å². The van der Waals surface area contributed by atoms with E-state index in [0.717, 1.165) is 5.56 Å². The Hall–Kier alpha value is -1.23. The van der Waals surface area contributed by atoms with Crippen LogP contribution in [0, 0.1) is 0 Å². The lowest BCUT2D eigenvalue weighted by Gasteiger charge is -2.09. The van der Waals surface area contributed by atoms with E-state index in [1.807, 2.05) is 0 Å². The molecule has 0 aliphatic carbocycles. The molecule has 0 aliphatic heterocycles. The average Bonchev–Trinajstić information content (AvgIpc) is 2.36. The Bertz CT molecular complexity index is 671. The van der Waals surface area contributed by atoms with Gasteiger partial charge in [0, 0.05) is 10.0 Å². The lowest BCUT2D eigenvalue weighted by Crippen LogP contribution is -2.22. The van der Waals surface area contributed by atoms with E-state index in [9.17, 15) is 4.79 Å². The minimum atomic E-state index is -0.367. The van der Waals surface area contributed by atoms with Crippen LogP contribution in [-0.4, -0.2) is 16.7 Å². The average molecular weight is 320 g/mol. The standard InChI is InChI=1S/C12H9Cl3N2O2/c1-19-10-11(15)16-6-17(12(10)18)5-7-2-3-8(13)4-9(7)14/h2-4,6H,5H2,1H3. The van der Waals surface area contributed by atoms with Crippen LogP contribution >= 0.6 is 34.8 Å². The predicted octanol–water partition coefficient (Wildman–Crippen LogP) is 3.26. The lowest BCUT2D eigenvalue weighted by atomic mass is 10.2. The van der Waals surface area contributed by atoms with Crippen LogP contribution in [0.4, 0.5) is 0 Å². The highest BCUT2D eigenvalue weighted by molar-refractivity contribution is 6.35. The first-order valence-corrected chi connectivity index (χ1v) is 6.39. The van der Waals surface area contributed by atoms with Gasteiger partial charge in [0.15, 0.2) is 5.15 Å². The van der Waals surface area contributed by atoms with Gasteiger partial charge >= 0.3 is 0 Å². The van der Waals surface area contributed by atoms with Crippen LogP contribution in [0.1, 0.15) is 5.56 Å². The van der Waals surface area contributed by atoms with Crippen LogP contribution < -0.4 is 10.3 Å². The fourth-order valence-electron chi connectivity index (χ4n) is 1.57. The van der Waals surface area contributed by atoms with Gasteiger partial charge in [-0.3, -0.25) is 9.36 Å². The summed E-state index contributed by atoms with van der Waals surface area (Å²) in [5, 5.41) is 1.05. The molecule has 0 atom stereocenters. The monoisotopic (exact) mass is 318 g/mol. The molecule has 1 heterocycles. The Balaban J connectivity index is 2.42. The molecule has 7 heteroatoms. The van der Waals surface area contributed by atoms with Crippen LogP contribution in [-0.2, 0) is 6.54 Å². The number of nitrogens with zero attached hydrogens (tertiary/aromatic N) is 2. The zero-order valence-corrected chi connectivity index (χ0v) is 12.1. The van der Waals surface area contributed by atoms with Gasteiger partial charge in [-0.15, -0.1) is 0 Å². The van der Waals surface area contributed by atoms with Crippen molar-refractivity contribution >= 4 is 34.8 Å². The first-order chi connectivity index (χ1) is 9.02. The largest absolute Gasteiger partial charge is 0.489 e. The molecular weight excluding hydrogens is 311 g/mol. The molecule has 0 saturated carbocycles. The molecule has 0 N–H and O–H groups in total. The summed E-state index contributed by atoms with van der Waals surface area (Å²) in [5.74, 6) is 0.00857. The maximum absolute atomic E-state index is 12.0. The summed E-state index contributed by atoms with van der Waals surface area (Å²) in [4.78, 5) is 15.9. The molecule has 1 aromatic heterocycles. The molecule has 2 rings (SSSR count). The van der Waals surface area contributed by atoms with Crippen molar-refractivity contribution < 1.29 is 4.74 Å². The van der Waals surface area contributed by atoms with E-state index in [1.165, 1.54) is 18.0 Å². The Morgan fingerprint density at radius 3 is 2.68 bits per heavy atom. The molecule has 0 fully saturated rings. The van der Waals surface area contributed by atoms with Gasteiger partial charge in [0.25, 0.3) is 5.56 Å². The van der Waals surface area contributed by atoms with Gasteiger partial charge in [-0.1, -0.05) is 40.9 Å². The normalized spacial score (nSPS) is 10.5. The van der Waals surface area contributed by atoms with E-state index in [-0.39, 0.29) is 23.0 Å². The highest BCUT2D eigenvalue weighted by atomic mass is 35.5.